The molecular formula is C13H25N3OS. The Hall–Kier alpha value is -0.710. The highest BCUT2D eigenvalue weighted by atomic mass is 32.2. The third kappa shape index (κ3) is 4.88. The summed E-state index contributed by atoms with van der Waals surface area (Å²) in [5, 5.41) is 4.28. The number of carbonyl (C=O) groups is 1. The quantitative estimate of drug-likeness (QED) is 0.826. The maximum absolute atomic E-state index is 11.0. The van der Waals surface area contributed by atoms with Gasteiger partial charge in [-0.05, 0) is 25.7 Å². The fraction of sp³-hybridized carbons (Fsp3) is 0.846. The van der Waals surface area contributed by atoms with Crippen LogP contribution in [0.5, 0.6) is 0 Å². The van der Waals surface area contributed by atoms with Crippen LogP contribution in [-0.2, 0) is 4.79 Å². The van der Waals surface area contributed by atoms with Crippen molar-refractivity contribution in [1.82, 2.24) is 5.32 Å². The van der Waals surface area contributed by atoms with Crippen LogP contribution in [0.4, 0.5) is 0 Å². The predicted octanol–water partition coefficient (Wildman–Crippen LogP) is 2.14. The number of aliphatic imine (C=N–C) groups is 1. The molecule has 0 aromatic carbocycles. The summed E-state index contributed by atoms with van der Waals surface area (Å²) in [6, 6.07) is 0.339. The first kappa shape index (κ1) is 15.3. The molecule has 0 saturated carbocycles. The van der Waals surface area contributed by atoms with Gasteiger partial charge in [-0.2, -0.15) is 0 Å². The molecular weight excluding hydrogens is 246 g/mol. The van der Waals surface area contributed by atoms with Gasteiger partial charge >= 0.3 is 0 Å². The van der Waals surface area contributed by atoms with E-state index in [0.29, 0.717) is 12.5 Å². The molecule has 0 radical (unpaired) electrons. The SMILES string of the molecule is CC(C)(CC(N)=O)NC1=NC(C(C)(C)C)CCS1. The van der Waals surface area contributed by atoms with Crippen LogP contribution in [0.2, 0.25) is 0 Å². The van der Waals surface area contributed by atoms with Crippen LogP contribution in [0.15, 0.2) is 4.99 Å². The van der Waals surface area contributed by atoms with Crippen molar-refractivity contribution in [3.8, 4) is 0 Å². The Morgan fingerprint density at radius 1 is 1.44 bits per heavy atom. The molecule has 1 atom stereocenters. The van der Waals surface area contributed by atoms with Crippen LogP contribution in [0.1, 0.15) is 47.5 Å². The molecule has 0 fully saturated rings. The lowest BCUT2D eigenvalue weighted by atomic mass is 9.85. The van der Waals surface area contributed by atoms with Gasteiger partial charge in [0, 0.05) is 17.7 Å². The molecule has 5 heteroatoms. The molecule has 1 amide bonds. The first-order chi connectivity index (χ1) is 8.10. The molecule has 1 aliphatic rings. The number of nitrogens with two attached hydrogens (primary N) is 1. The third-order valence-electron chi connectivity index (χ3n) is 2.96. The topological polar surface area (TPSA) is 67.5 Å². The van der Waals surface area contributed by atoms with E-state index in [-0.39, 0.29) is 16.9 Å². The van der Waals surface area contributed by atoms with E-state index in [1.165, 1.54) is 0 Å². The number of nitrogens with one attached hydrogen (secondary N) is 1. The van der Waals surface area contributed by atoms with Gasteiger partial charge in [-0.3, -0.25) is 9.79 Å². The Balaban J connectivity index is 2.72. The zero-order chi connectivity index (χ0) is 14.0. The summed E-state index contributed by atoms with van der Waals surface area (Å²) in [6.07, 6.45) is 1.42. The summed E-state index contributed by atoms with van der Waals surface area (Å²) in [5.74, 6) is 0.779. The fourth-order valence-corrected chi connectivity index (χ4v) is 3.06. The monoisotopic (exact) mass is 271 g/mol. The molecule has 0 bridgehead atoms. The normalized spacial score (nSPS) is 21.4. The first-order valence-corrected chi connectivity index (χ1v) is 7.36. The van der Waals surface area contributed by atoms with Crippen molar-refractivity contribution in [3.63, 3.8) is 0 Å². The number of hydrogen-bond acceptors (Lipinski definition) is 4. The zero-order valence-corrected chi connectivity index (χ0v) is 12.9. The van der Waals surface area contributed by atoms with Gasteiger partial charge in [-0.15, -0.1) is 0 Å². The summed E-state index contributed by atoms with van der Waals surface area (Å²) in [7, 11) is 0. The molecule has 0 saturated heterocycles. The molecule has 0 spiro atoms. The van der Waals surface area contributed by atoms with Crippen LogP contribution in [-0.4, -0.2) is 28.4 Å². The predicted molar refractivity (Wildman–Crippen MR) is 78.8 cm³/mol. The lowest BCUT2D eigenvalue weighted by Crippen LogP contribution is -2.46. The fourth-order valence-electron chi connectivity index (χ4n) is 1.97. The highest BCUT2D eigenvalue weighted by Gasteiger charge is 2.29. The van der Waals surface area contributed by atoms with Crippen molar-refractivity contribution >= 4 is 22.8 Å². The molecule has 1 rings (SSSR count). The van der Waals surface area contributed by atoms with E-state index in [1.54, 1.807) is 11.8 Å². The van der Waals surface area contributed by atoms with Gasteiger partial charge in [-0.25, -0.2) is 0 Å². The van der Waals surface area contributed by atoms with Gasteiger partial charge in [0.15, 0.2) is 5.17 Å². The maximum atomic E-state index is 11.0. The van der Waals surface area contributed by atoms with E-state index in [2.05, 4.69) is 26.1 Å². The number of thioether (sulfide) groups is 1. The van der Waals surface area contributed by atoms with E-state index < -0.39 is 0 Å². The van der Waals surface area contributed by atoms with Gasteiger partial charge in [-0.1, -0.05) is 32.5 Å². The average Bonchev–Trinajstić information content (AvgIpc) is 2.13. The number of amides is 1. The van der Waals surface area contributed by atoms with Crippen molar-refractivity contribution in [2.45, 2.75) is 59.0 Å². The summed E-state index contributed by atoms with van der Waals surface area (Å²) in [6.45, 7) is 10.6. The minimum Gasteiger partial charge on any atom is -0.370 e. The first-order valence-electron chi connectivity index (χ1n) is 6.37. The van der Waals surface area contributed by atoms with Gasteiger partial charge in [0.25, 0.3) is 0 Å². The number of primary amides is 1. The Labute approximate surface area is 114 Å². The third-order valence-corrected chi connectivity index (χ3v) is 3.89. The standard InChI is InChI=1S/C13H25N3OS/c1-12(2,3)9-6-7-18-11(15-9)16-13(4,5)8-10(14)17/h9H,6-8H2,1-5H3,(H2,14,17)(H,15,16). The lowest BCUT2D eigenvalue weighted by molar-refractivity contribution is -0.119. The van der Waals surface area contributed by atoms with Crippen LogP contribution in [0.3, 0.4) is 0 Å². The second-order valence-corrected chi connectivity index (χ2v) is 7.69. The number of rotatable bonds is 3. The summed E-state index contributed by atoms with van der Waals surface area (Å²) in [4.78, 5) is 15.8. The molecule has 4 nitrogen and oxygen atoms in total. The average molecular weight is 271 g/mol. The molecule has 0 aromatic heterocycles. The Morgan fingerprint density at radius 3 is 2.56 bits per heavy atom. The van der Waals surface area contributed by atoms with E-state index in [0.717, 1.165) is 17.3 Å². The van der Waals surface area contributed by atoms with Crippen LogP contribution in [0, 0.1) is 5.41 Å². The molecule has 0 aliphatic carbocycles. The molecule has 1 unspecified atom stereocenters. The minimum atomic E-state index is -0.336. The van der Waals surface area contributed by atoms with Crippen molar-refractivity contribution in [3.05, 3.63) is 0 Å². The molecule has 1 aliphatic heterocycles. The highest BCUT2D eigenvalue weighted by Crippen LogP contribution is 2.30. The lowest BCUT2D eigenvalue weighted by Gasteiger charge is -2.34. The van der Waals surface area contributed by atoms with Crippen LogP contribution >= 0.6 is 11.8 Å². The van der Waals surface area contributed by atoms with E-state index in [1.807, 2.05) is 13.8 Å². The van der Waals surface area contributed by atoms with Gasteiger partial charge in [0.05, 0.1) is 6.04 Å². The largest absolute Gasteiger partial charge is 0.370 e. The molecule has 104 valence electrons. The summed E-state index contributed by atoms with van der Waals surface area (Å²) in [5.41, 5.74) is 5.10. The van der Waals surface area contributed by atoms with Crippen LogP contribution in [0.25, 0.3) is 0 Å². The number of hydrogen-bond donors (Lipinski definition) is 2. The number of carbonyl (C=O) groups excluding carboxylic acids is 1. The van der Waals surface area contributed by atoms with E-state index >= 15 is 0 Å². The van der Waals surface area contributed by atoms with Crippen molar-refractivity contribution in [1.29, 1.82) is 0 Å². The minimum absolute atomic E-state index is 0.182. The second kappa shape index (κ2) is 5.51. The molecule has 18 heavy (non-hydrogen) atoms. The smallest absolute Gasteiger partial charge is 0.219 e. The van der Waals surface area contributed by atoms with E-state index in [9.17, 15) is 4.79 Å². The molecule has 3 N–H and O–H groups in total. The van der Waals surface area contributed by atoms with Gasteiger partial charge in [0.1, 0.15) is 0 Å². The zero-order valence-electron chi connectivity index (χ0n) is 12.0. The van der Waals surface area contributed by atoms with Crippen molar-refractivity contribution in [2.24, 2.45) is 16.1 Å². The Morgan fingerprint density at radius 2 is 2.06 bits per heavy atom. The van der Waals surface area contributed by atoms with Crippen LogP contribution < -0.4 is 11.1 Å². The number of nitrogens with zero attached hydrogens (tertiary/aromatic N) is 1. The Bertz CT molecular complexity index is 345. The molecule has 0 aromatic rings. The summed E-state index contributed by atoms with van der Waals surface area (Å²) >= 11 is 1.72. The maximum Gasteiger partial charge on any atom is 0.219 e. The van der Waals surface area contributed by atoms with Crippen molar-refractivity contribution < 1.29 is 4.79 Å². The van der Waals surface area contributed by atoms with Gasteiger partial charge < -0.3 is 11.1 Å². The highest BCUT2D eigenvalue weighted by molar-refractivity contribution is 8.13. The van der Waals surface area contributed by atoms with E-state index in [4.69, 9.17) is 10.7 Å². The Kier molecular flexibility index (Phi) is 4.70. The molecule has 1 heterocycles. The number of amidine groups is 1. The van der Waals surface area contributed by atoms with Crippen molar-refractivity contribution in [2.75, 3.05) is 5.75 Å². The van der Waals surface area contributed by atoms with Gasteiger partial charge in [0.2, 0.25) is 5.91 Å². The second-order valence-electron chi connectivity index (χ2n) is 6.61. The summed E-state index contributed by atoms with van der Waals surface area (Å²) < 4.78 is 0.